The van der Waals surface area contributed by atoms with E-state index >= 15 is 0 Å². The van der Waals surface area contributed by atoms with Crippen LogP contribution < -0.4 is 4.74 Å². The molecule has 0 saturated heterocycles. The van der Waals surface area contributed by atoms with E-state index in [2.05, 4.69) is 20.7 Å². The van der Waals surface area contributed by atoms with Gasteiger partial charge in [-0.2, -0.15) is 0 Å². The van der Waals surface area contributed by atoms with Crippen LogP contribution in [0, 0.1) is 23.3 Å². The van der Waals surface area contributed by atoms with Crippen molar-refractivity contribution in [3.8, 4) is 11.5 Å². The lowest BCUT2D eigenvalue weighted by molar-refractivity contribution is -0.145. The van der Waals surface area contributed by atoms with Gasteiger partial charge in [-0.1, -0.05) is 39.1 Å². The quantitative estimate of drug-likeness (QED) is 0.0739. The molecule has 0 atom stereocenters. The van der Waals surface area contributed by atoms with Crippen molar-refractivity contribution in [2.75, 3.05) is 25.2 Å². The first-order valence-corrected chi connectivity index (χ1v) is 15.9. The molecule has 0 amide bonds. The minimum Gasteiger partial charge on any atom is -0.507 e. The highest BCUT2D eigenvalue weighted by atomic mass is 79.9. The monoisotopic (exact) mass is 788 g/mol. The Morgan fingerprint density at radius 2 is 1.08 bits per heavy atom. The molecule has 0 heterocycles. The highest BCUT2D eigenvalue weighted by Gasteiger charge is 2.19. The number of carbonyl (C=O) groups is 4. The van der Waals surface area contributed by atoms with Crippen molar-refractivity contribution in [1.29, 1.82) is 0 Å². The number of ketones is 2. The number of ether oxygens (including phenoxy) is 3. The molecule has 1 N–H and O–H groups in total. The third-order valence-corrected chi connectivity index (χ3v) is 6.63. The average Bonchev–Trinajstić information content (AvgIpc) is 3.04. The van der Waals surface area contributed by atoms with Gasteiger partial charge in [0.2, 0.25) is 0 Å². The van der Waals surface area contributed by atoms with E-state index in [1.807, 2.05) is 0 Å². The van der Waals surface area contributed by atoms with Crippen molar-refractivity contribution in [3.05, 3.63) is 128 Å². The number of alkyl halides is 1. The summed E-state index contributed by atoms with van der Waals surface area (Å²) in [5, 5.41) is 10.3. The molecular formula is C34H27BrCl2F4O8. The van der Waals surface area contributed by atoms with Crippen LogP contribution in [0.4, 0.5) is 17.6 Å². The van der Waals surface area contributed by atoms with E-state index in [1.54, 1.807) is 13.8 Å². The van der Waals surface area contributed by atoms with Crippen LogP contribution in [0.3, 0.4) is 0 Å². The zero-order valence-corrected chi connectivity index (χ0v) is 28.8. The Morgan fingerprint density at radius 3 is 1.53 bits per heavy atom. The van der Waals surface area contributed by atoms with E-state index < -0.39 is 47.4 Å². The lowest BCUT2D eigenvalue weighted by Gasteiger charge is -2.11. The molecule has 0 aliphatic heterocycles. The van der Waals surface area contributed by atoms with Gasteiger partial charge in [0, 0.05) is 33.3 Å². The van der Waals surface area contributed by atoms with E-state index in [-0.39, 0.29) is 56.4 Å². The molecular weight excluding hydrogens is 763 g/mol. The Morgan fingerprint density at radius 1 is 0.653 bits per heavy atom. The predicted octanol–water partition coefficient (Wildman–Crippen LogP) is 8.29. The number of hydrogen-bond donors (Lipinski definition) is 1. The summed E-state index contributed by atoms with van der Waals surface area (Å²) in [6, 6.07) is 13.0. The number of aromatic hydroxyl groups is 1. The third-order valence-electron chi connectivity index (χ3n) is 5.70. The Labute approximate surface area is 296 Å². The Bertz CT molecular complexity index is 1770. The predicted molar refractivity (Wildman–Crippen MR) is 177 cm³/mol. The summed E-state index contributed by atoms with van der Waals surface area (Å²) in [4.78, 5) is 46.0. The number of halogens is 7. The van der Waals surface area contributed by atoms with Gasteiger partial charge in [-0.15, -0.1) is 0 Å². The molecule has 0 saturated carbocycles. The number of benzene rings is 4. The normalized spacial score (nSPS) is 10.1. The Kier molecular flexibility index (Phi) is 16.7. The molecule has 0 aliphatic carbocycles. The molecule has 260 valence electrons. The summed E-state index contributed by atoms with van der Waals surface area (Å²) in [6.45, 7) is 3.67. The van der Waals surface area contributed by atoms with Crippen LogP contribution in [0.25, 0.3) is 0 Å². The fourth-order valence-electron chi connectivity index (χ4n) is 3.72. The van der Waals surface area contributed by atoms with Gasteiger partial charge < -0.3 is 19.3 Å². The average molecular weight is 790 g/mol. The fourth-order valence-corrected chi connectivity index (χ4v) is 4.22. The molecule has 4 aromatic rings. The highest BCUT2D eigenvalue weighted by Crippen LogP contribution is 2.27. The number of rotatable bonds is 10. The molecule has 0 unspecified atom stereocenters. The molecule has 15 heteroatoms. The first kappa shape index (κ1) is 40.7. The number of esters is 2. The van der Waals surface area contributed by atoms with Crippen molar-refractivity contribution in [2.24, 2.45) is 0 Å². The van der Waals surface area contributed by atoms with Gasteiger partial charge in [-0.3, -0.25) is 14.4 Å². The van der Waals surface area contributed by atoms with Crippen LogP contribution in [0.1, 0.15) is 45.7 Å². The number of phenols is 1. The molecule has 0 radical (unpaired) electrons. The number of phenolic OH excluding ortho intramolecular Hbond substituents is 1. The minimum atomic E-state index is -0.880. The first-order valence-electron chi connectivity index (χ1n) is 14.0. The van der Waals surface area contributed by atoms with Crippen LogP contribution in [0.15, 0.2) is 72.8 Å². The summed E-state index contributed by atoms with van der Waals surface area (Å²) in [5.74, 6) is -5.92. The summed E-state index contributed by atoms with van der Waals surface area (Å²) >= 11 is 14.5. The summed E-state index contributed by atoms with van der Waals surface area (Å²) in [7, 11) is 0. The molecule has 0 fully saturated rings. The minimum absolute atomic E-state index is 0.0169. The van der Waals surface area contributed by atoms with E-state index in [4.69, 9.17) is 32.7 Å². The second kappa shape index (κ2) is 20.1. The molecule has 8 nitrogen and oxygen atoms in total. The molecule has 4 rings (SSSR count). The zero-order chi connectivity index (χ0) is 36.7. The van der Waals surface area contributed by atoms with Crippen molar-refractivity contribution in [2.45, 2.75) is 13.8 Å². The molecule has 4 aromatic carbocycles. The third kappa shape index (κ3) is 13.5. The maximum Gasteiger partial charge on any atom is 0.344 e. The number of carbonyl (C=O) groups excluding carboxylic acids is 4. The molecule has 0 spiro atoms. The van der Waals surface area contributed by atoms with Crippen LogP contribution in [0.2, 0.25) is 10.0 Å². The smallest absolute Gasteiger partial charge is 0.344 e. The van der Waals surface area contributed by atoms with Crippen molar-refractivity contribution in [3.63, 3.8) is 0 Å². The summed E-state index contributed by atoms with van der Waals surface area (Å²) < 4.78 is 67.1. The largest absolute Gasteiger partial charge is 0.507 e. The fraction of sp³-hybridized carbons (Fsp3) is 0.176. The second-order valence-corrected chi connectivity index (χ2v) is 10.7. The SMILES string of the molecule is CCOC(=O)CBr.CCOC(=O)COc1ccc(Cl)cc1C(=O)c1cc(F)cc(F)c1.O=C(c1cc(F)cc(F)c1)c1cc(Cl)ccc1O. The van der Waals surface area contributed by atoms with Crippen LogP contribution in [-0.4, -0.2) is 53.8 Å². The van der Waals surface area contributed by atoms with E-state index in [0.29, 0.717) is 24.1 Å². The van der Waals surface area contributed by atoms with Gasteiger partial charge in [0.1, 0.15) is 40.1 Å². The van der Waals surface area contributed by atoms with Gasteiger partial charge in [-0.05, 0) is 74.5 Å². The van der Waals surface area contributed by atoms with E-state index in [9.17, 15) is 41.8 Å². The second-order valence-electron chi connectivity index (χ2n) is 9.31. The lowest BCUT2D eigenvalue weighted by atomic mass is 10.0. The Balaban J connectivity index is 0.000000293. The summed E-state index contributed by atoms with van der Waals surface area (Å²) in [6.07, 6.45) is 0. The first-order chi connectivity index (χ1) is 23.2. The Hall–Kier alpha value is -4.46. The zero-order valence-electron chi connectivity index (χ0n) is 25.7. The number of hydrogen-bond acceptors (Lipinski definition) is 8. The summed E-state index contributed by atoms with van der Waals surface area (Å²) in [5.41, 5.74) is -0.509. The lowest BCUT2D eigenvalue weighted by Crippen LogP contribution is -2.16. The molecule has 0 aromatic heterocycles. The van der Waals surface area contributed by atoms with Crippen LogP contribution in [-0.2, 0) is 19.1 Å². The van der Waals surface area contributed by atoms with E-state index in [0.717, 1.165) is 24.3 Å². The van der Waals surface area contributed by atoms with Gasteiger partial charge in [0.05, 0.1) is 24.3 Å². The standard InChI is InChI=1S/C17H13ClF2O4.C13H7ClF2O2.C4H7BrO2/c1-2-23-16(21)9-24-15-4-3-11(18)7-14(15)17(22)10-5-12(19)8-13(20)6-10;14-8-1-2-12(17)11(5-8)13(18)7-3-9(15)6-10(16)4-7;1-2-7-4(6)3-5/h3-8H,2,9H2,1H3;1-6,17H;2-3H2,1H3. The van der Waals surface area contributed by atoms with Gasteiger partial charge in [0.15, 0.2) is 18.2 Å². The van der Waals surface area contributed by atoms with Gasteiger partial charge in [0.25, 0.3) is 0 Å². The highest BCUT2D eigenvalue weighted by molar-refractivity contribution is 9.09. The van der Waals surface area contributed by atoms with Gasteiger partial charge >= 0.3 is 11.9 Å². The van der Waals surface area contributed by atoms with Crippen LogP contribution in [0.5, 0.6) is 11.5 Å². The van der Waals surface area contributed by atoms with Crippen LogP contribution >= 0.6 is 39.1 Å². The van der Waals surface area contributed by atoms with Gasteiger partial charge in [-0.25, -0.2) is 22.4 Å². The van der Waals surface area contributed by atoms with Crippen molar-refractivity contribution < 1.29 is 56.1 Å². The topological polar surface area (TPSA) is 116 Å². The van der Waals surface area contributed by atoms with Crippen molar-refractivity contribution in [1.82, 2.24) is 0 Å². The van der Waals surface area contributed by atoms with E-state index in [1.165, 1.54) is 36.4 Å². The maximum absolute atomic E-state index is 13.3. The van der Waals surface area contributed by atoms with Crippen molar-refractivity contribution >= 4 is 62.6 Å². The maximum atomic E-state index is 13.3. The molecule has 49 heavy (non-hydrogen) atoms. The molecule has 0 aliphatic rings. The molecule has 0 bridgehead atoms.